The molecule has 0 saturated carbocycles. The maximum Gasteiger partial charge on any atom is 0.466 e. The van der Waals surface area contributed by atoms with E-state index in [0.717, 1.165) is 30.4 Å². The van der Waals surface area contributed by atoms with Crippen LogP contribution in [0, 0.1) is 54.1 Å². The topological polar surface area (TPSA) is 917 Å². The number of ether oxygens (including phenoxy) is 5. The summed E-state index contributed by atoms with van der Waals surface area (Å²) in [5, 5.41) is 309. The van der Waals surface area contributed by atoms with Crippen LogP contribution in [0.3, 0.4) is 0 Å². The molecule has 49 nitrogen and oxygen atoms in total. The van der Waals surface area contributed by atoms with Crippen LogP contribution in [0.1, 0.15) is 0 Å². The van der Waals surface area contributed by atoms with Crippen molar-refractivity contribution in [1.82, 2.24) is 0 Å². The molecule has 38 N–H and O–H groups in total. The highest BCUT2D eigenvalue weighted by atomic mass is 31.2. The fourth-order valence-corrected chi connectivity index (χ4v) is 5.29. The molecule has 0 aromatic carbocycles. The van der Waals surface area contributed by atoms with Gasteiger partial charge >= 0.3 is 37.7 Å². The highest BCUT2D eigenvalue weighted by Gasteiger charge is 2.38. The fourth-order valence-electron chi connectivity index (χ4n) is 5.29. The number of carboxylic acid groups (broad SMARTS) is 5. The van der Waals surface area contributed by atoms with Crippen LogP contribution in [0.25, 0.3) is 0 Å². The normalized spacial score (nSPS) is 11.6. The summed E-state index contributed by atoms with van der Waals surface area (Å²) in [6, 6.07) is 0. The minimum Gasteiger partial charge on any atom is -0.478 e. The van der Waals surface area contributed by atoms with Crippen LogP contribution in [0.2, 0.25) is 0 Å². The summed E-state index contributed by atoms with van der Waals surface area (Å²) in [4.78, 5) is 67.8. The third-order valence-corrected chi connectivity index (χ3v) is 15.0. The zero-order chi connectivity index (χ0) is 92.7. The van der Waals surface area contributed by atoms with Crippen molar-refractivity contribution in [2.75, 3.05) is 264 Å². The second-order valence-electron chi connectivity index (χ2n) is 25.4. The molecule has 50 heteroatoms. The number of aliphatic carboxylic acids is 5. The monoisotopic (exact) mass is 1730 g/mol. The average Bonchev–Trinajstić information content (AvgIpc) is 0.888. The van der Waals surface area contributed by atoms with Crippen molar-refractivity contribution in [2.24, 2.45) is 54.1 Å². The lowest BCUT2D eigenvalue weighted by molar-refractivity contribution is -0.132. The Kier molecular flexibility index (Phi) is 92.4. The molecule has 0 amide bonds. The summed E-state index contributed by atoms with van der Waals surface area (Å²) in [5.41, 5.74) is -11.6. The molecule has 0 fully saturated rings. The van der Waals surface area contributed by atoms with Crippen LogP contribution in [-0.4, -0.2) is 488 Å². The number of carboxylic acids is 5. The van der Waals surface area contributed by atoms with Crippen molar-refractivity contribution in [2.45, 2.75) is 0 Å². The quantitative estimate of drug-likeness (QED) is 0.0199. The van der Waals surface area contributed by atoms with E-state index < -0.39 is 290 Å². The van der Waals surface area contributed by atoms with Gasteiger partial charge in [0.2, 0.25) is 0 Å². The molecule has 0 unspecified atom stereocenters. The molecule has 0 aliphatic heterocycles. The van der Waals surface area contributed by atoms with Crippen molar-refractivity contribution < 1.29 is 246 Å². The SMILES string of the molecule is C=CC(=O)O.C=CC(=O)O.C=CC(=O)O.C=CC(=O)O.C=CC(=O)O.O=P(O)(O)O.OCC(CO)(CO)COCC(CO)(CO)CO.OCC(CO)(CO)COCC(CO)(CO)CO.OCC(CO)(CO)COCC(CO)(CO)CO.OCC(CO)(CO)COCC(CO)(CO)CO.OCC(CO)(CO)COCC(CO)(CO)CO. The zero-order valence-corrected chi connectivity index (χ0v) is 65.0. The molecule has 0 aromatic heterocycles. The van der Waals surface area contributed by atoms with Gasteiger partial charge in [-0.15, -0.1) is 0 Å². The van der Waals surface area contributed by atoms with E-state index in [1.807, 2.05) is 0 Å². The predicted molar refractivity (Wildman–Crippen MR) is 394 cm³/mol. The third-order valence-electron chi connectivity index (χ3n) is 15.0. The van der Waals surface area contributed by atoms with Gasteiger partial charge in [0.25, 0.3) is 0 Å². The van der Waals surface area contributed by atoms with Crippen LogP contribution in [0.5, 0.6) is 0 Å². The van der Waals surface area contributed by atoms with E-state index in [2.05, 4.69) is 32.9 Å². The second kappa shape index (κ2) is 79.9. The standard InChI is InChI=1S/5C10H22O7.5C3H4O2.H3O4P/c5*11-1-9(2-12,3-13)7-17-8-10(4-14,5-15)6-16;5*1-2-3(4)5;1-5(2,3)4/h5*11-16H,1-8H2;5*2H,1H2,(H,4,5);(H3,1,2,3,4). The lowest BCUT2D eigenvalue weighted by atomic mass is 9.91. The molecular formula is C65H133O49P. The first kappa shape index (κ1) is 133. The van der Waals surface area contributed by atoms with E-state index in [1.165, 1.54) is 0 Å². The summed E-state index contributed by atoms with van der Waals surface area (Å²) in [5.74, 6) is -4.91. The molecule has 0 bridgehead atoms. The molecule has 0 radical (unpaired) electrons. The molecule has 0 saturated heterocycles. The number of carbonyl (C=O) groups is 5. The summed E-state index contributed by atoms with van der Waals surface area (Å²) in [6.45, 7) is -0.223. The highest BCUT2D eigenvalue weighted by Crippen LogP contribution is 2.27. The van der Waals surface area contributed by atoms with Crippen LogP contribution >= 0.6 is 7.82 Å². The zero-order valence-electron chi connectivity index (χ0n) is 64.1. The van der Waals surface area contributed by atoms with Gasteiger partial charge in [-0.3, -0.25) is 0 Å². The second-order valence-corrected chi connectivity index (χ2v) is 26.5. The molecule has 0 heterocycles. The number of rotatable bonds is 55. The van der Waals surface area contributed by atoms with Crippen molar-refractivity contribution in [3.63, 3.8) is 0 Å². The Labute approximate surface area is 663 Å². The Morgan fingerprint density at radius 2 is 0.235 bits per heavy atom. The summed E-state index contributed by atoms with van der Waals surface area (Å²) in [7, 11) is -4.64. The first-order valence-corrected chi connectivity index (χ1v) is 34.5. The molecule has 0 atom stereocenters. The average molecular weight is 1730 g/mol. The molecule has 0 spiro atoms. The minimum atomic E-state index is -4.64. The maximum atomic E-state index is 9.25. The fraction of sp³-hybridized carbons (Fsp3) is 0.769. The third kappa shape index (κ3) is 68.3. The smallest absolute Gasteiger partial charge is 0.466 e. The molecule has 115 heavy (non-hydrogen) atoms. The number of hydrogen-bond donors (Lipinski definition) is 38. The number of hydrogen-bond acceptors (Lipinski definition) is 41. The summed E-state index contributed by atoms with van der Waals surface area (Å²) in [6.07, 6.45) is 4.17. The Bertz CT molecular complexity index is 1820. The lowest BCUT2D eigenvalue weighted by Gasteiger charge is -2.31. The molecule has 0 aliphatic rings. The Morgan fingerprint density at radius 3 is 0.261 bits per heavy atom. The van der Waals surface area contributed by atoms with Crippen LogP contribution in [-0.2, 0) is 52.2 Å². The molecule has 0 aliphatic carbocycles. The largest absolute Gasteiger partial charge is 0.478 e. The van der Waals surface area contributed by atoms with E-state index in [0.29, 0.717) is 0 Å². The molecule has 692 valence electrons. The molecule has 0 rings (SSSR count). The van der Waals surface area contributed by atoms with E-state index in [4.69, 9.17) is 222 Å². The van der Waals surface area contributed by atoms with Crippen molar-refractivity contribution in [3.8, 4) is 0 Å². The summed E-state index contributed by atoms with van der Waals surface area (Å²) >= 11 is 0. The summed E-state index contributed by atoms with van der Waals surface area (Å²) < 4.78 is 34.6. The number of phosphoric acid groups is 1. The highest BCUT2D eigenvalue weighted by molar-refractivity contribution is 7.45. The van der Waals surface area contributed by atoms with Gasteiger partial charge in [-0.25, -0.2) is 28.5 Å². The lowest BCUT2D eigenvalue weighted by Crippen LogP contribution is -2.43. The molecule has 0 aromatic rings. The van der Waals surface area contributed by atoms with Gasteiger partial charge in [-0.2, -0.15) is 0 Å². The van der Waals surface area contributed by atoms with Gasteiger partial charge in [0.05, 0.1) is 318 Å². The van der Waals surface area contributed by atoms with Crippen LogP contribution < -0.4 is 0 Å². The van der Waals surface area contributed by atoms with Gasteiger partial charge in [0, 0.05) is 30.4 Å². The van der Waals surface area contributed by atoms with Crippen molar-refractivity contribution >= 4 is 37.7 Å². The first-order valence-electron chi connectivity index (χ1n) is 32.9. The van der Waals surface area contributed by atoms with Gasteiger partial charge < -0.3 is 217 Å². The van der Waals surface area contributed by atoms with Crippen molar-refractivity contribution in [3.05, 3.63) is 63.3 Å². The van der Waals surface area contributed by atoms with Crippen LogP contribution in [0.15, 0.2) is 63.3 Å². The van der Waals surface area contributed by atoms with Crippen molar-refractivity contribution in [1.29, 1.82) is 0 Å². The number of aliphatic hydroxyl groups is 30. The van der Waals surface area contributed by atoms with E-state index in [1.54, 1.807) is 0 Å². The molecular weight excluding hydrogens is 1600 g/mol. The Morgan fingerprint density at radius 1 is 0.191 bits per heavy atom. The first-order chi connectivity index (χ1) is 53.7. The van der Waals surface area contributed by atoms with Crippen LogP contribution in [0.4, 0.5) is 0 Å². The van der Waals surface area contributed by atoms with Gasteiger partial charge in [-0.05, 0) is 0 Å². The predicted octanol–water partition coefficient (Wildman–Crippen LogP) is -15.0. The minimum absolute atomic E-state index is 0.141. The van der Waals surface area contributed by atoms with Gasteiger partial charge in [0.15, 0.2) is 0 Å². The van der Waals surface area contributed by atoms with Gasteiger partial charge in [-0.1, -0.05) is 32.9 Å². The number of aliphatic hydroxyl groups excluding tert-OH is 30. The Balaban J connectivity index is -0.000000120. The Hall–Kier alpha value is -5.24. The van der Waals surface area contributed by atoms with E-state index in [-0.39, 0.29) is 66.1 Å². The van der Waals surface area contributed by atoms with E-state index in [9.17, 15) is 24.0 Å². The van der Waals surface area contributed by atoms with E-state index >= 15 is 0 Å². The maximum absolute atomic E-state index is 9.25. The van der Waals surface area contributed by atoms with Gasteiger partial charge in [0.1, 0.15) is 0 Å².